The van der Waals surface area contributed by atoms with E-state index in [1.54, 1.807) is 0 Å². The van der Waals surface area contributed by atoms with Gasteiger partial charge in [0.15, 0.2) is 11.5 Å². The van der Waals surface area contributed by atoms with Crippen molar-refractivity contribution in [2.24, 2.45) is 0 Å². The van der Waals surface area contributed by atoms with Crippen LogP contribution in [0.1, 0.15) is 21.5 Å². The van der Waals surface area contributed by atoms with Crippen LogP contribution >= 0.6 is 0 Å². The van der Waals surface area contributed by atoms with Crippen molar-refractivity contribution >= 4 is 18.0 Å². The molecule has 1 heterocycles. The average molecular weight is 356 g/mol. The first kappa shape index (κ1) is 17.3. The van der Waals surface area contributed by atoms with Gasteiger partial charge in [-0.2, -0.15) is 0 Å². The summed E-state index contributed by atoms with van der Waals surface area (Å²) in [6.07, 6.45) is 2.21. The second-order valence-corrected chi connectivity index (χ2v) is 5.34. The summed E-state index contributed by atoms with van der Waals surface area (Å²) in [6, 6.07) is 10.9. The number of carbonyl (C=O) groups excluding carboxylic acids is 1. The number of carbonyl (C=O) groups is 2. The molecule has 2 aromatic rings. The van der Waals surface area contributed by atoms with Gasteiger partial charge in [-0.1, -0.05) is 30.3 Å². The fourth-order valence-electron chi connectivity index (χ4n) is 2.50. The molecule has 1 aliphatic rings. The largest absolute Gasteiger partial charge is 0.484 e. The zero-order valence-corrected chi connectivity index (χ0v) is 13.9. The van der Waals surface area contributed by atoms with E-state index in [4.69, 9.17) is 24.1 Å². The number of methoxy groups -OCH3 is 1. The lowest BCUT2D eigenvalue weighted by Crippen LogP contribution is -2.09. The van der Waals surface area contributed by atoms with E-state index in [0.717, 1.165) is 11.6 Å². The van der Waals surface area contributed by atoms with Crippen molar-refractivity contribution in [3.8, 4) is 17.2 Å². The number of aliphatic carboxylic acids is 1. The summed E-state index contributed by atoms with van der Waals surface area (Å²) in [5.74, 6) is -1.01. The van der Waals surface area contributed by atoms with Crippen LogP contribution in [0.3, 0.4) is 0 Å². The Hall–Kier alpha value is -3.48. The van der Waals surface area contributed by atoms with E-state index >= 15 is 0 Å². The van der Waals surface area contributed by atoms with E-state index in [-0.39, 0.29) is 30.5 Å². The number of fused-ring (bicyclic) bond motifs is 1. The van der Waals surface area contributed by atoms with Gasteiger partial charge in [0.1, 0.15) is 12.2 Å². The molecule has 0 saturated carbocycles. The van der Waals surface area contributed by atoms with Crippen molar-refractivity contribution in [2.75, 3.05) is 13.9 Å². The third kappa shape index (κ3) is 3.61. The van der Waals surface area contributed by atoms with Crippen molar-refractivity contribution in [2.45, 2.75) is 6.61 Å². The van der Waals surface area contributed by atoms with Crippen LogP contribution in [0.4, 0.5) is 0 Å². The van der Waals surface area contributed by atoms with Gasteiger partial charge >= 0.3 is 11.9 Å². The molecule has 0 amide bonds. The standard InChI is InChI=1S/C19H16O7/c1-23-19(22)16-13(7-8-15(20)21)9-14-17(26-11-25-14)18(16)24-10-12-5-3-2-4-6-12/h2-9H,10-11H2,1H3,(H,20,21)/b8-7+. The van der Waals surface area contributed by atoms with Gasteiger partial charge in [0.25, 0.3) is 0 Å². The summed E-state index contributed by atoms with van der Waals surface area (Å²) >= 11 is 0. The number of esters is 1. The number of hydrogen-bond acceptors (Lipinski definition) is 6. The SMILES string of the molecule is COC(=O)c1c(/C=C/C(=O)O)cc2c(c1OCc1ccccc1)OCO2. The molecule has 0 atom stereocenters. The summed E-state index contributed by atoms with van der Waals surface area (Å²) < 4.78 is 21.5. The summed E-state index contributed by atoms with van der Waals surface area (Å²) in [4.78, 5) is 23.2. The highest BCUT2D eigenvalue weighted by Gasteiger charge is 2.29. The van der Waals surface area contributed by atoms with Crippen molar-refractivity contribution in [3.05, 3.63) is 59.2 Å². The molecule has 0 spiro atoms. The van der Waals surface area contributed by atoms with E-state index in [1.165, 1.54) is 19.3 Å². The Bertz CT molecular complexity index is 856. The molecular weight excluding hydrogens is 340 g/mol. The number of rotatable bonds is 6. The summed E-state index contributed by atoms with van der Waals surface area (Å²) in [5, 5.41) is 8.89. The fourth-order valence-corrected chi connectivity index (χ4v) is 2.50. The topological polar surface area (TPSA) is 91.3 Å². The van der Waals surface area contributed by atoms with Crippen molar-refractivity contribution in [1.82, 2.24) is 0 Å². The number of carboxylic acids is 1. The van der Waals surface area contributed by atoms with E-state index in [0.29, 0.717) is 11.3 Å². The van der Waals surface area contributed by atoms with Crippen LogP contribution in [0.25, 0.3) is 6.08 Å². The zero-order valence-electron chi connectivity index (χ0n) is 13.9. The number of carboxylic acid groups (broad SMARTS) is 1. The quantitative estimate of drug-likeness (QED) is 0.628. The molecule has 1 N–H and O–H groups in total. The van der Waals surface area contributed by atoms with Crippen molar-refractivity contribution < 1.29 is 33.6 Å². The molecule has 1 aliphatic heterocycles. The van der Waals surface area contributed by atoms with E-state index in [1.807, 2.05) is 30.3 Å². The van der Waals surface area contributed by atoms with Gasteiger partial charge in [0.05, 0.1) is 7.11 Å². The average Bonchev–Trinajstić information content (AvgIpc) is 3.12. The Morgan fingerprint density at radius 3 is 2.69 bits per heavy atom. The second-order valence-electron chi connectivity index (χ2n) is 5.34. The molecule has 7 heteroatoms. The monoisotopic (exact) mass is 356 g/mol. The molecule has 0 fully saturated rings. The Labute approximate surface area is 149 Å². The van der Waals surface area contributed by atoms with Gasteiger partial charge in [0, 0.05) is 6.08 Å². The Morgan fingerprint density at radius 1 is 1.23 bits per heavy atom. The predicted octanol–water partition coefficient (Wildman–Crippen LogP) is 2.88. The highest BCUT2D eigenvalue weighted by atomic mass is 16.7. The van der Waals surface area contributed by atoms with Crippen molar-refractivity contribution in [1.29, 1.82) is 0 Å². The van der Waals surface area contributed by atoms with Crippen LogP contribution in [0, 0.1) is 0 Å². The molecular formula is C19H16O7. The minimum absolute atomic E-state index is 0.0241. The van der Waals surface area contributed by atoms with Gasteiger partial charge in [-0.3, -0.25) is 0 Å². The fraction of sp³-hybridized carbons (Fsp3) is 0.158. The maximum Gasteiger partial charge on any atom is 0.342 e. The molecule has 26 heavy (non-hydrogen) atoms. The van der Waals surface area contributed by atoms with Crippen LogP contribution in [-0.2, 0) is 16.1 Å². The summed E-state index contributed by atoms with van der Waals surface area (Å²) in [7, 11) is 1.23. The van der Waals surface area contributed by atoms with Gasteiger partial charge < -0.3 is 24.1 Å². The molecule has 3 rings (SSSR count). The van der Waals surface area contributed by atoms with Crippen LogP contribution in [0.5, 0.6) is 17.2 Å². The smallest absolute Gasteiger partial charge is 0.342 e. The number of benzene rings is 2. The first-order chi connectivity index (χ1) is 12.6. The maximum atomic E-state index is 12.3. The Balaban J connectivity index is 2.07. The maximum absolute atomic E-state index is 12.3. The summed E-state index contributed by atoms with van der Waals surface area (Å²) in [5.41, 5.74) is 1.26. The molecule has 0 aliphatic carbocycles. The lowest BCUT2D eigenvalue weighted by atomic mass is 10.0. The van der Waals surface area contributed by atoms with E-state index in [2.05, 4.69) is 0 Å². The third-order valence-electron chi connectivity index (χ3n) is 3.67. The second kappa shape index (κ2) is 7.60. The lowest BCUT2D eigenvalue weighted by Gasteiger charge is -2.15. The first-order valence-electron chi connectivity index (χ1n) is 7.72. The van der Waals surface area contributed by atoms with Crippen LogP contribution in [-0.4, -0.2) is 30.9 Å². The van der Waals surface area contributed by atoms with Gasteiger partial charge in [0.2, 0.25) is 12.5 Å². The molecule has 0 radical (unpaired) electrons. The molecule has 2 aromatic carbocycles. The minimum atomic E-state index is -1.15. The van der Waals surface area contributed by atoms with Crippen LogP contribution in [0.2, 0.25) is 0 Å². The summed E-state index contributed by atoms with van der Waals surface area (Å²) in [6.45, 7) is 0.163. The molecule has 0 bridgehead atoms. The zero-order chi connectivity index (χ0) is 18.5. The number of ether oxygens (including phenoxy) is 4. The predicted molar refractivity (Wildman–Crippen MR) is 91.3 cm³/mol. The normalized spacial score (nSPS) is 12.2. The third-order valence-corrected chi connectivity index (χ3v) is 3.67. The van der Waals surface area contributed by atoms with Crippen molar-refractivity contribution in [3.63, 3.8) is 0 Å². The van der Waals surface area contributed by atoms with Gasteiger partial charge in [-0.05, 0) is 23.3 Å². The molecule has 0 saturated heterocycles. The molecule has 134 valence electrons. The Morgan fingerprint density at radius 2 is 2.00 bits per heavy atom. The number of hydrogen-bond donors (Lipinski definition) is 1. The van der Waals surface area contributed by atoms with Gasteiger partial charge in [-0.25, -0.2) is 9.59 Å². The minimum Gasteiger partial charge on any atom is -0.484 e. The molecule has 0 aromatic heterocycles. The first-order valence-corrected chi connectivity index (χ1v) is 7.72. The van der Waals surface area contributed by atoms with E-state index in [9.17, 15) is 9.59 Å². The molecule has 0 unspecified atom stereocenters. The highest BCUT2D eigenvalue weighted by molar-refractivity contribution is 5.99. The lowest BCUT2D eigenvalue weighted by molar-refractivity contribution is -0.131. The molecule has 7 nitrogen and oxygen atoms in total. The Kier molecular flexibility index (Phi) is 5.07. The van der Waals surface area contributed by atoms with Crippen LogP contribution in [0.15, 0.2) is 42.5 Å². The highest BCUT2D eigenvalue weighted by Crippen LogP contribution is 2.46. The van der Waals surface area contributed by atoms with Gasteiger partial charge in [-0.15, -0.1) is 0 Å². The van der Waals surface area contributed by atoms with Crippen LogP contribution < -0.4 is 14.2 Å². The van der Waals surface area contributed by atoms with E-state index < -0.39 is 11.9 Å².